The number of aromatic nitrogens is 1. The molecular formula is C14H22N2O. The largest absolute Gasteiger partial charge is 0.478 e. The molecule has 1 aliphatic carbocycles. The van der Waals surface area contributed by atoms with Crippen LogP contribution in [0.4, 0.5) is 5.69 Å². The van der Waals surface area contributed by atoms with Gasteiger partial charge in [0.05, 0.1) is 18.5 Å². The van der Waals surface area contributed by atoms with Crippen LogP contribution in [0.1, 0.15) is 39.5 Å². The zero-order chi connectivity index (χ0) is 12.1. The molecule has 1 aliphatic rings. The van der Waals surface area contributed by atoms with Gasteiger partial charge in [0.15, 0.2) is 0 Å². The summed E-state index contributed by atoms with van der Waals surface area (Å²) < 4.78 is 5.33. The molecule has 1 aromatic rings. The third kappa shape index (κ3) is 3.11. The topological polar surface area (TPSA) is 34.1 Å². The molecule has 0 bridgehead atoms. The van der Waals surface area contributed by atoms with Crippen LogP contribution in [-0.2, 0) is 0 Å². The molecule has 0 saturated heterocycles. The zero-order valence-corrected chi connectivity index (χ0v) is 10.8. The van der Waals surface area contributed by atoms with E-state index in [9.17, 15) is 0 Å². The minimum atomic E-state index is 0.625. The van der Waals surface area contributed by atoms with Gasteiger partial charge in [0.25, 0.3) is 0 Å². The number of nitrogens with zero attached hydrogens (tertiary/aromatic N) is 1. The van der Waals surface area contributed by atoms with Crippen molar-refractivity contribution >= 4 is 5.69 Å². The van der Waals surface area contributed by atoms with E-state index in [-0.39, 0.29) is 0 Å². The lowest BCUT2D eigenvalue weighted by atomic mass is 10.0. The Morgan fingerprint density at radius 3 is 2.88 bits per heavy atom. The standard InChI is InChI=1S/C14H22N2O/c1-3-11-6-5-7-13(11)16-12-8-9-14(15-10-12)17-4-2/h8-11,13,16H,3-7H2,1-2H3. The predicted octanol–water partition coefficient (Wildman–Crippen LogP) is 3.47. The van der Waals surface area contributed by atoms with Gasteiger partial charge in [0, 0.05) is 12.1 Å². The van der Waals surface area contributed by atoms with Gasteiger partial charge in [-0.25, -0.2) is 4.98 Å². The molecule has 1 heterocycles. The van der Waals surface area contributed by atoms with E-state index in [1.54, 1.807) is 0 Å². The van der Waals surface area contributed by atoms with Crippen molar-refractivity contribution in [1.82, 2.24) is 4.98 Å². The summed E-state index contributed by atoms with van der Waals surface area (Å²) in [5, 5.41) is 3.59. The highest BCUT2D eigenvalue weighted by Crippen LogP contribution is 2.30. The lowest BCUT2D eigenvalue weighted by Crippen LogP contribution is -2.23. The van der Waals surface area contributed by atoms with Gasteiger partial charge in [0.2, 0.25) is 5.88 Å². The maximum atomic E-state index is 5.33. The normalized spacial score (nSPS) is 23.6. The van der Waals surface area contributed by atoms with Gasteiger partial charge in [-0.05, 0) is 31.7 Å². The van der Waals surface area contributed by atoms with Crippen LogP contribution in [0.25, 0.3) is 0 Å². The van der Waals surface area contributed by atoms with E-state index in [0.29, 0.717) is 18.5 Å². The maximum Gasteiger partial charge on any atom is 0.213 e. The van der Waals surface area contributed by atoms with Gasteiger partial charge in [-0.15, -0.1) is 0 Å². The second kappa shape index (κ2) is 5.89. The molecular weight excluding hydrogens is 212 g/mol. The second-order valence-corrected chi connectivity index (χ2v) is 4.67. The Morgan fingerprint density at radius 1 is 1.35 bits per heavy atom. The minimum absolute atomic E-state index is 0.625. The number of rotatable bonds is 5. The van der Waals surface area contributed by atoms with E-state index < -0.39 is 0 Å². The van der Waals surface area contributed by atoms with Crippen LogP contribution in [0.2, 0.25) is 0 Å². The first-order valence-corrected chi connectivity index (χ1v) is 6.68. The summed E-state index contributed by atoms with van der Waals surface area (Å²) in [6.07, 6.45) is 7.13. The molecule has 94 valence electrons. The summed E-state index contributed by atoms with van der Waals surface area (Å²) >= 11 is 0. The third-order valence-corrected chi connectivity index (χ3v) is 3.56. The first-order chi connectivity index (χ1) is 8.33. The Balaban J connectivity index is 1.94. The Morgan fingerprint density at radius 2 is 2.24 bits per heavy atom. The minimum Gasteiger partial charge on any atom is -0.478 e. The number of nitrogens with one attached hydrogen (secondary N) is 1. The Hall–Kier alpha value is -1.25. The van der Waals surface area contributed by atoms with E-state index in [4.69, 9.17) is 4.74 Å². The Bertz CT molecular complexity index is 337. The van der Waals surface area contributed by atoms with Crippen LogP contribution in [0.15, 0.2) is 18.3 Å². The summed E-state index contributed by atoms with van der Waals surface area (Å²) in [5.74, 6) is 1.53. The molecule has 17 heavy (non-hydrogen) atoms. The van der Waals surface area contributed by atoms with Gasteiger partial charge in [0.1, 0.15) is 0 Å². The van der Waals surface area contributed by atoms with Crippen LogP contribution in [0.3, 0.4) is 0 Å². The van der Waals surface area contributed by atoms with E-state index in [1.807, 2.05) is 19.2 Å². The third-order valence-electron chi connectivity index (χ3n) is 3.56. The number of hydrogen-bond donors (Lipinski definition) is 1. The van der Waals surface area contributed by atoms with Crippen LogP contribution in [-0.4, -0.2) is 17.6 Å². The summed E-state index contributed by atoms with van der Waals surface area (Å²) in [6, 6.07) is 4.62. The molecule has 2 unspecified atom stereocenters. The molecule has 0 aromatic carbocycles. The van der Waals surface area contributed by atoms with Crippen molar-refractivity contribution < 1.29 is 4.74 Å². The van der Waals surface area contributed by atoms with Gasteiger partial charge < -0.3 is 10.1 Å². The molecule has 1 fully saturated rings. The lowest BCUT2D eigenvalue weighted by Gasteiger charge is -2.20. The van der Waals surface area contributed by atoms with E-state index >= 15 is 0 Å². The van der Waals surface area contributed by atoms with Gasteiger partial charge >= 0.3 is 0 Å². The van der Waals surface area contributed by atoms with Crippen molar-refractivity contribution in [2.75, 3.05) is 11.9 Å². The molecule has 1 N–H and O–H groups in total. The van der Waals surface area contributed by atoms with Crippen molar-refractivity contribution in [3.63, 3.8) is 0 Å². The summed E-state index contributed by atoms with van der Waals surface area (Å²) in [5.41, 5.74) is 1.11. The highest BCUT2D eigenvalue weighted by Gasteiger charge is 2.25. The smallest absolute Gasteiger partial charge is 0.213 e. The summed E-state index contributed by atoms with van der Waals surface area (Å²) in [7, 11) is 0. The predicted molar refractivity (Wildman–Crippen MR) is 70.4 cm³/mol. The molecule has 1 saturated carbocycles. The van der Waals surface area contributed by atoms with Crippen molar-refractivity contribution in [3.8, 4) is 5.88 Å². The first kappa shape index (κ1) is 12.2. The highest BCUT2D eigenvalue weighted by molar-refractivity contribution is 5.43. The van der Waals surface area contributed by atoms with Gasteiger partial charge in [-0.1, -0.05) is 19.8 Å². The molecule has 0 radical (unpaired) electrons. The fraction of sp³-hybridized carbons (Fsp3) is 0.643. The van der Waals surface area contributed by atoms with E-state index in [2.05, 4.69) is 23.3 Å². The van der Waals surface area contributed by atoms with Crippen molar-refractivity contribution in [3.05, 3.63) is 18.3 Å². The molecule has 0 spiro atoms. The second-order valence-electron chi connectivity index (χ2n) is 4.67. The average Bonchev–Trinajstić information content (AvgIpc) is 2.79. The SMILES string of the molecule is CCOc1ccc(NC2CCCC2CC)cn1. The number of hydrogen-bond acceptors (Lipinski definition) is 3. The van der Waals surface area contributed by atoms with Gasteiger partial charge in [-0.3, -0.25) is 0 Å². The molecule has 0 amide bonds. The Labute approximate surface area is 104 Å². The van der Waals surface area contributed by atoms with E-state index in [0.717, 1.165) is 11.6 Å². The first-order valence-electron chi connectivity index (χ1n) is 6.68. The fourth-order valence-corrected chi connectivity index (χ4v) is 2.63. The van der Waals surface area contributed by atoms with Crippen molar-refractivity contribution in [1.29, 1.82) is 0 Å². The zero-order valence-electron chi connectivity index (χ0n) is 10.8. The average molecular weight is 234 g/mol. The van der Waals surface area contributed by atoms with E-state index in [1.165, 1.54) is 25.7 Å². The fourth-order valence-electron chi connectivity index (χ4n) is 2.63. The summed E-state index contributed by atoms with van der Waals surface area (Å²) in [4.78, 5) is 4.28. The van der Waals surface area contributed by atoms with Crippen molar-refractivity contribution in [2.45, 2.75) is 45.6 Å². The van der Waals surface area contributed by atoms with Crippen LogP contribution in [0, 0.1) is 5.92 Å². The molecule has 3 nitrogen and oxygen atoms in total. The molecule has 2 atom stereocenters. The lowest BCUT2D eigenvalue weighted by molar-refractivity contribution is 0.327. The van der Waals surface area contributed by atoms with Crippen LogP contribution in [0.5, 0.6) is 5.88 Å². The molecule has 2 rings (SSSR count). The molecule has 0 aliphatic heterocycles. The summed E-state index contributed by atoms with van der Waals surface area (Å²) in [6.45, 7) is 4.92. The van der Waals surface area contributed by atoms with Crippen LogP contribution < -0.4 is 10.1 Å². The quantitative estimate of drug-likeness (QED) is 0.847. The number of pyridine rings is 1. The Kier molecular flexibility index (Phi) is 4.24. The van der Waals surface area contributed by atoms with Crippen molar-refractivity contribution in [2.24, 2.45) is 5.92 Å². The van der Waals surface area contributed by atoms with Crippen LogP contribution >= 0.6 is 0 Å². The number of ether oxygens (including phenoxy) is 1. The monoisotopic (exact) mass is 234 g/mol. The molecule has 1 aromatic heterocycles. The highest BCUT2D eigenvalue weighted by atomic mass is 16.5. The molecule has 3 heteroatoms. The number of anilines is 1. The maximum absolute atomic E-state index is 5.33. The van der Waals surface area contributed by atoms with Gasteiger partial charge in [-0.2, -0.15) is 0 Å².